The lowest BCUT2D eigenvalue weighted by Gasteiger charge is -2.23. The minimum absolute atomic E-state index is 0.729. The fourth-order valence-corrected chi connectivity index (χ4v) is 10.8. The fraction of sp³-hybridized carbons (Fsp3) is 0.130. The molecule has 0 spiro atoms. The largest absolute Gasteiger partial charge is 0.588 e. The van der Waals surface area contributed by atoms with E-state index in [1.54, 1.807) is 31.4 Å². The van der Waals surface area contributed by atoms with Crippen LogP contribution in [0.25, 0.3) is 0 Å². The molecular formula is C23H22O3PS3+. The Bertz CT molecular complexity index is 955. The monoisotopic (exact) mass is 473 g/mol. The summed E-state index contributed by atoms with van der Waals surface area (Å²) >= 11 is 0. The second-order valence-electron chi connectivity index (χ2n) is 6.92. The van der Waals surface area contributed by atoms with Crippen LogP contribution >= 0.6 is 39.4 Å². The molecule has 1 aliphatic heterocycles. The first-order valence-electron chi connectivity index (χ1n) is 9.41. The molecule has 3 aromatic rings. The second kappa shape index (κ2) is 9.61. The lowest BCUT2D eigenvalue weighted by atomic mass is 10.2. The summed E-state index contributed by atoms with van der Waals surface area (Å²) in [4.78, 5) is 0. The number of benzene rings is 3. The van der Waals surface area contributed by atoms with Gasteiger partial charge < -0.3 is 0 Å². The van der Waals surface area contributed by atoms with Crippen molar-refractivity contribution in [3.63, 3.8) is 0 Å². The molecule has 154 valence electrons. The predicted octanol–water partition coefficient (Wildman–Crippen LogP) is 8.75. The number of hydrogen-bond acceptors (Lipinski definition) is 6. The van der Waals surface area contributed by atoms with E-state index in [0.717, 1.165) is 38.6 Å². The van der Waals surface area contributed by atoms with Gasteiger partial charge in [-0.25, -0.2) is 0 Å². The molecule has 0 unspecified atom stereocenters. The van der Waals surface area contributed by atoms with Crippen molar-refractivity contribution in [2.45, 2.75) is 20.8 Å². The zero-order chi connectivity index (χ0) is 21.0. The van der Waals surface area contributed by atoms with Gasteiger partial charge >= 0.3 is 7.94 Å². The maximum atomic E-state index is 6.61. The zero-order valence-corrected chi connectivity index (χ0v) is 20.2. The van der Waals surface area contributed by atoms with Gasteiger partial charge in [-0.1, -0.05) is 36.4 Å². The zero-order valence-electron chi connectivity index (χ0n) is 16.9. The molecule has 0 saturated carbocycles. The van der Waals surface area contributed by atoms with Crippen molar-refractivity contribution in [2.24, 2.45) is 0 Å². The number of rotatable bonds is 7. The second-order valence-corrected chi connectivity index (χ2v) is 13.1. The van der Waals surface area contributed by atoms with Crippen LogP contribution < -0.4 is 13.6 Å². The molecule has 0 amide bonds. The van der Waals surface area contributed by atoms with E-state index in [1.807, 2.05) is 93.6 Å². The molecule has 0 aliphatic carbocycles. The quantitative estimate of drug-likeness (QED) is 0.251. The van der Waals surface area contributed by atoms with Crippen molar-refractivity contribution < 1.29 is 13.6 Å². The van der Waals surface area contributed by atoms with Crippen molar-refractivity contribution >= 4 is 39.4 Å². The van der Waals surface area contributed by atoms with Gasteiger partial charge in [-0.2, -0.15) is 0 Å². The van der Waals surface area contributed by atoms with Crippen LogP contribution in [0.1, 0.15) is 16.7 Å². The Balaban J connectivity index is 1.80. The molecule has 1 aliphatic rings. The molecule has 30 heavy (non-hydrogen) atoms. The standard InChI is InChI=1S/C23H22O3PS3/c1-17-7-4-10-20(13-17)24-27(23-16-28-30-29-23,25-21-11-5-8-18(2)14-21)26-22-12-6-9-19(3)15-22/h4-16H,1-3H3/q+1. The van der Waals surface area contributed by atoms with Crippen molar-refractivity contribution in [3.05, 3.63) is 99.5 Å². The molecule has 0 saturated heterocycles. The number of hydrogen-bond donors (Lipinski definition) is 0. The van der Waals surface area contributed by atoms with Gasteiger partial charge in [-0.15, -0.1) is 0 Å². The highest BCUT2D eigenvalue weighted by Gasteiger charge is 2.57. The Morgan fingerprint density at radius 2 is 1.07 bits per heavy atom. The molecule has 0 aromatic heterocycles. The summed E-state index contributed by atoms with van der Waals surface area (Å²) in [5.41, 5.74) is 3.36. The van der Waals surface area contributed by atoms with Crippen molar-refractivity contribution in [1.29, 1.82) is 0 Å². The van der Waals surface area contributed by atoms with Crippen LogP contribution in [0.2, 0.25) is 0 Å². The molecule has 0 bridgehead atoms. The molecule has 4 rings (SSSR count). The first-order valence-corrected chi connectivity index (χ1v) is 14.5. The first-order chi connectivity index (χ1) is 14.5. The lowest BCUT2D eigenvalue weighted by Crippen LogP contribution is -2.16. The Labute approximate surface area is 190 Å². The van der Waals surface area contributed by atoms with Crippen LogP contribution in [0.4, 0.5) is 0 Å². The summed E-state index contributed by atoms with van der Waals surface area (Å²) < 4.78 is 20.8. The Morgan fingerprint density at radius 1 is 0.633 bits per heavy atom. The minimum atomic E-state index is -2.99. The highest BCUT2D eigenvalue weighted by atomic mass is 33.5. The first kappa shape index (κ1) is 21.5. The number of aryl methyl sites for hydroxylation is 3. The fourth-order valence-electron chi connectivity index (χ4n) is 2.87. The normalized spacial score (nSPS) is 13.6. The van der Waals surface area contributed by atoms with Gasteiger partial charge in [0.1, 0.15) is 0 Å². The van der Waals surface area contributed by atoms with Crippen LogP contribution in [0.5, 0.6) is 17.2 Å². The smallest absolute Gasteiger partial charge is 0.267 e. The predicted molar refractivity (Wildman–Crippen MR) is 133 cm³/mol. The summed E-state index contributed by atoms with van der Waals surface area (Å²) in [6.45, 7) is 6.14. The molecule has 3 nitrogen and oxygen atoms in total. The Kier molecular flexibility index (Phi) is 6.89. The van der Waals surface area contributed by atoms with E-state index >= 15 is 0 Å². The van der Waals surface area contributed by atoms with E-state index in [4.69, 9.17) is 13.6 Å². The van der Waals surface area contributed by atoms with E-state index in [2.05, 4.69) is 5.41 Å². The third kappa shape index (κ3) is 5.30. The summed E-state index contributed by atoms with van der Waals surface area (Å²) in [6.07, 6.45) is 0. The Hall–Kier alpha value is -1.72. The van der Waals surface area contributed by atoms with Gasteiger partial charge in [-0.05, 0) is 94.5 Å². The summed E-state index contributed by atoms with van der Waals surface area (Å²) in [5, 5.41) is 2.07. The maximum absolute atomic E-state index is 6.61. The van der Waals surface area contributed by atoms with Gasteiger partial charge in [-0.3, -0.25) is 13.6 Å². The molecule has 3 aromatic carbocycles. The highest BCUT2D eigenvalue weighted by Crippen LogP contribution is 2.74. The molecule has 7 heteroatoms. The maximum Gasteiger partial charge on any atom is 0.588 e. The summed E-state index contributed by atoms with van der Waals surface area (Å²) in [5.74, 6) is 2.19. The van der Waals surface area contributed by atoms with Crippen LogP contribution in [-0.2, 0) is 0 Å². The SMILES string of the molecule is Cc1cccc(O[P+](Oc2cccc(C)c2)(Oc2cccc(C)c2)C2=CSSS2)c1. The van der Waals surface area contributed by atoms with Crippen LogP contribution in [0.15, 0.2) is 82.9 Å². The van der Waals surface area contributed by atoms with Crippen molar-refractivity contribution in [3.8, 4) is 17.2 Å². The molecule has 0 radical (unpaired) electrons. The molecule has 0 atom stereocenters. The van der Waals surface area contributed by atoms with Crippen LogP contribution in [0.3, 0.4) is 0 Å². The van der Waals surface area contributed by atoms with Gasteiger partial charge in [0.2, 0.25) is 0 Å². The summed E-state index contributed by atoms with van der Waals surface area (Å²) in [6, 6.07) is 24.0. The van der Waals surface area contributed by atoms with Crippen LogP contribution in [-0.4, -0.2) is 0 Å². The summed E-state index contributed by atoms with van der Waals surface area (Å²) in [7, 11) is 1.98. The van der Waals surface area contributed by atoms with Gasteiger partial charge in [0, 0.05) is 16.2 Å². The average Bonchev–Trinajstić information content (AvgIpc) is 3.23. The van der Waals surface area contributed by atoms with E-state index in [-0.39, 0.29) is 0 Å². The highest BCUT2D eigenvalue weighted by molar-refractivity contribution is 9.12. The third-order valence-electron chi connectivity index (χ3n) is 4.22. The minimum Gasteiger partial charge on any atom is -0.267 e. The molecule has 0 fully saturated rings. The van der Waals surface area contributed by atoms with E-state index < -0.39 is 7.94 Å². The van der Waals surface area contributed by atoms with Crippen molar-refractivity contribution in [1.82, 2.24) is 0 Å². The van der Waals surface area contributed by atoms with E-state index in [9.17, 15) is 0 Å². The van der Waals surface area contributed by atoms with Gasteiger partial charge in [0.05, 0.1) is 0 Å². The lowest BCUT2D eigenvalue weighted by molar-refractivity contribution is 0.366. The van der Waals surface area contributed by atoms with Gasteiger partial charge in [0.25, 0.3) is 4.65 Å². The topological polar surface area (TPSA) is 27.7 Å². The van der Waals surface area contributed by atoms with Crippen LogP contribution in [0, 0.1) is 20.8 Å². The van der Waals surface area contributed by atoms with Gasteiger partial charge in [0.15, 0.2) is 17.2 Å². The Morgan fingerprint density at radius 3 is 1.40 bits per heavy atom. The van der Waals surface area contributed by atoms with Crippen molar-refractivity contribution in [2.75, 3.05) is 0 Å². The molecule has 0 N–H and O–H groups in total. The van der Waals surface area contributed by atoms with E-state index in [1.165, 1.54) is 0 Å². The molecular weight excluding hydrogens is 451 g/mol. The average molecular weight is 474 g/mol. The molecule has 1 heterocycles. The third-order valence-corrected chi connectivity index (χ3v) is 11.2. The van der Waals surface area contributed by atoms with E-state index in [0.29, 0.717) is 0 Å².